The molecule has 552 valence electrons. The second-order valence-corrected chi connectivity index (χ2v) is 36.0. The average molecular weight is 1350 g/mol. The van der Waals surface area contributed by atoms with Gasteiger partial charge in [0.15, 0.2) is 0 Å². The highest BCUT2D eigenvalue weighted by molar-refractivity contribution is 5.86. The van der Waals surface area contributed by atoms with E-state index in [4.69, 9.17) is 5.73 Å². The molecule has 8 aliphatic rings. The topological polar surface area (TPSA) is 226 Å². The van der Waals surface area contributed by atoms with Crippen LogP contribution >= 0.6 is 0 Å². The minimum Gasteiger partial charge on any atom is -0.393 e. The summed E-state index contributed by atoms with van der Waals surface area (Å²) in [4.78, 5) is 119. The van der Waals surface area contributed by atoms with Gasteiger partial charge in [-0.05, 0) is 89.4 Å². The van der Waals surface area contributed by atoms with Gasteiger partial charge in [-0.3, -0.25) is 43.2 Å². The lowest BCUT2D eigenvalue weighted by molar-refractivity contribution is -0.147. The van der Waals surface area contributed by atoms with Crippen molar-refractivity contribution in [1.82, 2.24) is 39.2 Å². The van der Waals surface area contributed by atoms with Gasteiger partial charge in [0, 0.05) is 135 Å². The Morgan fingerprint density at radius 2 is 0.516 bits per heavy atom. The number of hydrogen-bond acceptors (Lipinski definition) is 10. The van der Waals surface area contributed by atoms with Gasteiger partial charge in [-0.15, -0.1) is 0 Å². The Balaban J connectivity index is 0.000000544. The normalized spacial score (nSPS) is 20.6. The number of nitrogens with two attached hydrogens (primary N) is 1. The maximum Gasteiger partial charge on any atom is 0.228 e. The zero-order valence-electron chi connectivity index (χ0n) is 65.0. The minimum absolute atomic E-state index is 0.0476. The second-order valence-electron chi connectivity index (χ2n) is 36.0. The van der Waals surface area contributed by atoms with Gasteiger partial charge in [0.1, 0.15) is 6.17 Å². The van der Waals surface area contributed by atoms with Crippen molar-refractivity contribution in [2.75, 3.05) is 105 Å². The molecule has 2 atom stereocenters. The monoisotopic (exact) mass is 1350 g/mol. The molecule has 0 spiro atoms. The molecule has 8 saturated heterocycles. The molecule has 8 aliphatic heterocycles. The average Bonchev–Trinajstić information content (AvgIpc) is 1.38. The third-order valence-corrected chi connectivity index (χ3v) is 17.4. The van der Waals surface area contributed by atoms with Crippen molar-refractivity contribution in [2.24, 2.45) is 60.9 Å². The number of rotatable bonds is 1. The number of piperidine rings is 3. The molecule has 8 fully saturated rings. The predicted molar refractivity (Wildman–Crippen MR) is 381 cm³/mol. The molecule has 19 nitrogen and oxygen atoms in total. The summed E-state index contributed by atoms with van der Waals surface area (Å²) >= 11 is 0. The molecule has 8 heterocycles. The highest BCUT2D eigenvalue weighted by atomic mass is 19.1. The van der Waals surface area contributed by atoms with E-state index in [1.54, 1.807) is 9.80 Å². The Bertz CT molecular complexity index is 2340. The smallest absolute Gasteiger partial charge is 0.228 e. The first-order valence-electron chi connectivity index (χ1n) is 36.1. The number of carbonyl (C=O) groups excluding carboxylic acids is 9. The van der Waals surface area contributed by atoms with Crippen molar-refractivity contribution in [3.05, 3.63) is 0 Å². The number of carbonyl (C=O) groups is 9. The number of halogens is 1. The summed E-state index contributed by atoms with van der Waals surface area (Å²) in [7, 11) is 0. The maximum absolute atomic E-state index is 12.3. The maximum atomic E-state index is 12.3. The molecular formula is C75H140FN9O10. The van der Waals surface area contributed by atoms with Crippen LogP contribution in [-0.2, 0) is 43.2 Å². The number of nitrogens with zero attached hydrogens (tertiary/aromatic N) is 8. The molecule has 95 heavy (non-hydrogen) atoms. The second kappa shape index (κ2) is 37.9. The number of aliphatic hydroxyl groups is 1. The van der Waals surface area contributed by atoms with E-state index in [0.717, 1.165) is 78.3 Å². The Hall–Kier alpha value is -4.88. The molecule has 9 amide bonds. The summed E-state index contributed by atoms with van der Waals surface area (Å²) in [5.41, 5.74) is 3.20. The van der Waals surface area contributed by atoms with E-state index in [-0.39, 0.29) is 92.1 Å². The van der Waals surface area contributed by atoms with Gasteiger partial charge in [0.2, 0.25) is 53.2 Å². The zero-order chi connectivity index (χ0) is 73.6. The van der Waals surface area contributed by atoms with Crippen molar-refractivity contribution < 1.29 is 52.6 Å². The van der Waals surface area contributed by atoms with Gasteiger partial charge in [-0.1, -0.05) is 173 Å². The van der Waals surface area contributed by atoms with Gasteiger partial charge < -0.3 is 50.0 Å². The van der Waals surface area contributed by atoms with Crippen LogP contribution in [0.5, 0.6) is 0 Å². The standard InChI is InChI=1S/C10H18N2O2.C10H19NO2.3C10H19NO.C9H17NO.C8H14FNO.C8H15NO/c1-10(2,3)9(14)12-5-4-7(6-12)8(11)13;1-10(2,3)9(13)11-6-4-8(12)5-7-11;1-8-5-6-11(7-8)9(12)10(2,3)4;2*1-10(2,3)9(12)11-7-5-4-6-8-11;1-9(2,3)8(11)10-6-4-5-7-10;1-8(2,3)7(11)10-4-6(9)5-10;1-8(2,3)7(10)9-5-4-6-9/h7H,4-6H2,1-3H3,(H2,11,13);8,12H,4-7H2,1-3H3;8H,5-7H2,1-4H3;2*4-8H2,1-3H3;4-7H2,1-3H3;6H,4-5H2,1-3H3;4-6H2,1-3H3. The fraction of sp³-hybridized carbons (Fsp3) is 0.880. The van der Waals surface area contributed by atoms with Crippen LogP contribution in [0.4, 0.5) is 4.39 Å². The fourth-order valence-electron chi connectivity index (χ4n) is 11.4. The lowest BCUT2D eigenvalue weighted by atomic mass is 9.93. The molecule has 0 aliphatic carbocycles. The lowest BCUT2D eigenvalue weighted by Crippen LogP contribution is -2.54. The number of primary amides is 1. The van der Waals surface area contributed by atoms with E-state index in [1.165, 1.54) is 64.2 Å². The van der Waals surface area contributed by atoms with Crippen LogP contribution in [-0.4, -0.2) is 214 Å². The third-order valence-electron chi connectivity index (χ3n) is 17.4. The summed E-state index contributed by atoms with van der Waals surface area (Å²) in [6, 6.07) is 0. The van der Waals surface area contributed by atoms with E-state index < -0.39 is 6.17 Å². The van der Waals surface area contributed by atoms with Crippen LogP contribution < -0.4 is 5.73 Å². The Kier molecular flexibility index (Phi) is 35.2. The SMILES string of the molecule is CC(C)(C)C(=O)N1CC(F)C1.CC(C)(C)C(=O)N1CCC(C(N)=O)C1.CC(C)(C)C(=O)N1CCC(O)CC1.CC(C)(C)C(=O)N1CCC1.CC(C)(C)C(=O)N1CCCC1.CC(C)(C)C(=O)N1CCCCC1.CC(C)(C)C(=O)N1CCCCC1.CC1CCN(C(=O)C(C)(C)C)C1. The number of likely N-dealkylation sites (tertiary alicyclic amines) is 8. The Morgan fingerprint density at radius 1 is 0.295 bits per heavy atom. The summed E-state index contributed by atoms with van der Waals surface area (Å²) < 4.78 is 12.3. The molecule has 0 aromatic rings. The minimum atomic E-state index is -0.790. The van der Waals surface area contributed by atoms with Gasteiger partial charge in [-0.25, -0.2) is 4.39 Å². The first-order chi connectivity index (χ1) is 43.1. The molecule has 0 aromatic carbocycles. The molecule has 8 rings (SSSR count). The highest BCUT2D eigenvalue weighted by Crippen LogP contribution is 2.28. The molecule has 3 N–H and O–H groups in total. The van der Waals surface area contributed by atoms with Crippen LogP contribution in [0, 0.1) is 55.2 Å². The molecule has 0 aromatic heterocycles. The summed E-state index contributed by atoms with van der Waals surface area (Å²) in [5.74, 6) is 2.09. The summed E-state index contributed by atoms with van der Waals surface area (Å²) in [5, 5.41) is 9.27. The first kappa shape index (κ1) is 88.1. The van der Waals surface area contributed by atoms with Gasteiger partial charge >= 0.3 is 0 Å². The van der Waals surface area contributed by atoms with Crippen LogP contribution in [0.25, 0.3) is 0 Å². The van der Waals surface area contributed by atoms with Gasteiger partial charge in [-0.2, -0.15) is 0 Å². The van der Waals surface area contributed by atoms with Crippen molar-refractivity contribution in [2.45, 2.75) is 269 Å². The number of hydrogen-bond donors (Lipinski definition) is 2. The quantitative estimate of drug-likeness (QED) is 0.252. The lowest BCUT2D eigenvalue weighted by Gasteiger charge is -2.38. The Labute approximate surface area is 577 Å². The molecular weight excluding hydrogens is 1210 g/mol. The van der Waals surface area contributed by atoms with Crippen LogP contribution in [0.3, 0.4) is 0 Å². The van der Waals surface area contributed by atoms with E-state index in [9.17, 15) is 52.6 Å². The molecule has 20 heteroatoms. The molecule has 0 bridgehead atoms. The highest BCUT2D eigenvalue weighted by Gasteiger charge is 2.38. The third kappa shape index (κ3) is 32.6. The van der Waals surface area contributed by atoms with Gasteiger partial charge in [0.25, 0.3) is 0 Å². The summed E-state index contributed by atoms with van der Waals surface area (Å²) in [6.07, 6.45) is 13.2. The van der Waals surface area contributed by atoms with Crippen molar-refractivity contribution >= 4 is 53.2 Å². The predicted octanol–water partition coefficient (Wildman–Crippen LogP) is 11.5. The molecule has 0 radical (unpaired) electrons. The van der Waals surface area contributed by atoms with Crippen LogP contribution in [0.1, 0.15) is 257 Å². The number of alkyl halides is 1. The van der Waals surface area contributed by atoms with Crippen molar-refractivity contribution in [1.29, 1.82) is 0 Å². The summed E-state index contributed by atoms with van der Waals surface area (Å²) in [6.45, 7) is 61.7. The number of amides is 9. The first-order valence-corrected chi connectivity index (χ1v) is 36.1. The van der Waals surface area contributed by atoms with E-state index in [2.05, 4.69) is 6.92 Å². The van der Waals surface area contributed by atoms with E-state index in [1.807, 2.05) is 196 Å². The Morgan fingerprint density at radius 3 is 0.737 bits per heavy atom. The fourth-order valence-corrected chi connectivity index (χ4v) is 11.4. The van der Waals surface area contributed by atoms with Crippen LogP contribution in [0.15, 0.2) is 0 Å². The van der Waals surface area contributed by atoms with Crippen molar-refractivity contribution in [3.63, 3.8) is 0 Å². The van der Waals surface area contributed by atoms with E-state index in [0.29, 0.717) is 68.1 Å². The number of aliphatic hydroxyl groups excluding tert-OH is 1. The van der Waals surface area contributed by atoms with Crippen LogP contribution in [0.2, 0.25) is 0 Å². The zero-order valence-corrected chi connectivity index (χ0v) is 65.0. The van der Waals surface area contributed by atoms with E-state index >= 15 is 0 Å². The van der Waals surface area contributed by atoms with Crippen molar-refractivity contribution in [3.8, 4) is 0 Å². The van der Waals surface area contributed by atoms with Gasteiger partial charge in [0.05, 0.1) is 25.1 Å². The molecule has 0 saturated carbocycles. The molecule has 2 unspecified atom stereocenters. The largest absolute Gasteiger partial charge is 0.393 e.